The summed E-state index contributed by atoms with van der Waals surface area (Å²) in [4.78, 5) is 81.8. The maximum atomic E-state index is 13.1. The van der Waals surface area contributed by atoms with Crippen LogP contribution >= 0.6 is 0 Å². The molecular formula is C33H21N3O6. The molecule has 6 amide bonds. The summed E-state index contributed by atoms with van der Waals surface area (Å²) in [5, 5.41) is 0. The highest BCUT2D eigenvalue weighted by molar-refractivity contribution is 6.22. The third-order valence-electron chi connectivity index (χ3n) is 7.77. The first-order chi connectivity index (χ1) is 20.3. The third-order valence-corrected chi connectivity index (χ3v) is 7.77. The molecule has 204 valence electrons. The minimum absolute atomic E-state index is 0.0720. The Kier molecular flexibility index (Phi) is 5.69. The van der Waals surface area contributed by atoms with Crippen LogP contribution in [0.4, 0.5) is 0 Å². The molecule has 3 aliphatic rings. The van der Waals surface area contributed by atoms with Gasteiger partial charge < -0.3 is 0 Å². The molecule has 9 nitrogen and oxygen atoms in total. The van der Waals surface area contributed by atoms with Crippen molar-refractivity contribution in [2.75, 3.05) is 0 Å². The maximum absolute atomic E-state index is 13.1. The van der Waals surface area contributed by atoms with Crippen LogP contribution in [0, 0.1) is 0 Å². The summed E-state index contributed by atoms with van der Waals surface area (Å²) >= 11 is 0. The van der Waals surface area contributed by atoms with E-state index in [0.717, 1.165) is 14.7 Å². The Morgan fingerprint density at radius 2 is 0.524 bits per heavy atom. The lowest BCUT2D eigenvalue weighted by atomic mass is 10.0. The molecule has 0 atom stereocenters. The van der Waals surface area contributed by atoms with Crippen molar-refractivity contribution in [2.45, 2.75) is 19.6 Å². The normalized spacial score (nSPS) is 15.6. The van der Waals surface area contributed by atoms with Gasteiger partial charge in [-0.1, -0.05) is 54.6 Å². The third kappa shape index (κ3) is 3.86. The van der Waals surface area contributed by atoms with Gasteiger partial charge in [0.05, 0.1) is 53.0 Å². The van der Waals surface area contributed by atoms with Crippen LogP contribution in [0.15, 0.2) is 91.0 Å². The quantitative estimate of drug-likeness (QED) is 0.332. The monoisotopic (exact) mass is 555 g/mol. The summed E-state index contributed by atoms with van der Waals surface area (Å²) in [5.41, 5.74) is 3.53. The van der Waals surface area contributed by atoms with E-state index in [4.69, 9.17) is 0 Å². The number of carbonyl (C=O) groups is 6. The molecule has 0 fully saturated rings. The molecule has 0 saturated carbocycles. The second-order valence-corrected chi connectivity index (χ2v) is 10.4. The number of nitrogens with zero attached hydrogens (tertiary/aromatic N) is 3. The smallest absolute Gasteiger partial charge is 0.261 e. The first-order valence-electron chi connectivity index (χ1n) is 13.3. The molecule has 4 aromatic carbocycles. The topological polar surface area (TPSA) is 112 Å². The highest BCUT2D eigenvalue weighted by Crippen LogP contribution is 2.29. The molecule has 0 radical (unpaired) electrons. The highest BCUT2D eigenvalue weighted by Gasteiger charge is 2.38. The number of imide groups is 3. The van der Waals surface area contributed by atoms with Crippen LogP contribution in [0.3, 0.4) is 0 Å². The van der Waals surface area contributed by atoms with Crippen molar-refractivity contribution in [2.24, 2.45) is 0 Å². The lowest BCUT2D eigenvalue weighted by molar-refractivity contribution is 0.0630. The Hall–Kier alpha value is -5.70. The predicted octanol–water partition coefficient (Wildman–Crippen LogP) is 4.08. The van der Waals surface area contributed by atoms with E-state index in [-0.39, 0.29) is 19.6 Å². The average Bonchev–Trinajstić information content (AvgIpc) is 3.50. The van der Waals surface area contributed by atoms with Gasteiger partial charge >= 0.3 is 0 Å². The number of rotatable bonds is 6. The van der Waals surface area contributed by atoms with Gasteiger partial charge in [0.2, 0.25) is 0 Å². The summed E-state index contributed by atoms with van der Waals surface area (Å²) in [7, 11) is 0. The van der Waals surface area contributed by atoms with Crippen LogP contribution in [-0.4, -0.2) is 50.1 Å². The van der Waals surface area contributed by atoms with Gasteiger partial charge in [0.25, 0.3) is 35.4 Å². The zero-order valence-corrected chi connectivity index (χ0v) is 22.1. The average molecular weight is 556 g/mol. The van der Waals surface area contributed by atoms with Crippen molar-refractivity contribution < 1.29 is 28.8 Å². The first kappa shape index (κ1) is 25.3. The van der Waals surface area contributed by atoms with E-state index in [1.54, 1.807) is 91.0 Å². The lowest BCUT2D eigenvalue weighted by Crippen LogP contribution is -2.31. The largest absolute Gasteiger partial charge is 0.270 e. The molecule has 0 aromatic heterocycles. The zero-order chi connectivity index (χ0) is 29.1. The van der Waals surface area contributed by atoms with Gasteiger partial charge in [0, 0.05) is 0 Å². The lowest BCUT2D eigenvalue weighted by Gasteiger charge is -2.20. The standard InChI is InChI=1S/C33H21N3O6/c37-28-22-7-1-2-8-23(22)29(38)34(28)16-19-13-20(17-35-30(39)24-9-3-4-10-25(24)31(35)40)15-21(14-19)18-36-32(41)26-11-5-6-12-27(26)33(36)42/h1-15H,16-18H2. The van der Waals surface area contributed by atoms with Crippen LogP contribution in [0.2, 0.25) is 0 Å². The summed E-state index contributed by atoms with van der Waals surface area (Å²) < 4.78 is 0. The SMILES string of the molecule is O=C1c2ccccc2C(=O)N1Cc1cc(CN2C(=O)c3ccccc3C2=O)cc(CN2C(=O)c3ccccc3C2=O)c1. The fraction of sp³-hybridized carbons (Fsp3) is 0.0909. The van der Waals surface area contributed by atoms with Crippen LogP contribution in [0.25, 0.3) is 0 Å². The van der Waals surface area contributed by atoms with E-state index in [2.05, 4.69) is 0 Å². The van der Waals surface area contributed by atoms with Gasteiger partial charge in [-0.2, -0.15) is 0 Å². The molecule has 42 heavy (non-hydrogen) atoms. The van der Waals surface area contributed by atoms with Gasteiger partial charge in [-0.25, -0.2) is 0 Å². The molecule has 0 spiro atoms. The Bertz CT molecular complexity index is 1580. The van der Waals surface area contributed by atoms with Crippen molar-refractivity contribution in [3.8, 4) is 0 Å². The van der Waals surface area contributed by atoms with Crippen LogP contribution in [-0.2, 0) is 19.6 Å². The zero-order valence-electron chi connectivity index (χ0n) is 22.1. The molecular weight excluding hydrogens is 534 g/mol. The molecule has 9 heteroatoms. The van der Waals surface area contributed by atoms with Crippen molar-refractivity contribution in [1.29, 1.82) is 0 Å². The van der Waals surface area contributed by atoms with Gasteiger partial charge in [0.1, 0.15) is 0 Å². The van der Waals surface area contributed by atoms with Crippen LogP contribution in [0.5, 0.6) is 0 Å². The number of amides is 6. The van der Waals surface area contributed by atoms with E-state index >= 15 is 0 Å². The molecule has 0 bridgehead atoms. The van der Waals surface area contributed by atoms with Gasteiger partial charge in [-0.05, 0) is 53.1 Å². The second-order valence-electron chi connectivity index (χ2n) is 10.4. The second kappa shape index (κ2) is 9.45. The molecule has 7 rings (SSSR count). The van der Waals surface area contributed by atoms with E-state index in [1.807, 2.05) is 0 Å². The fourth-order valence-corrected chi connectivity index (χ4v) is 5.81. The molecule has 3 aliphatic heterocycles. The molecule has 4 aromatic rings. The van der Waals surface area contributed by atoms with Crippen molar-refractivity contribution in [1.82, 2.24) is 14.7 Å². The predicted molar refractivity (Wildman–Crippen MR) is 148 cm³/mol. The number of hydrogen-bond acceptors (Lipinski definition) is 6. The van der Waals surface area contributed by atoms with Crippen molar-refractivity contribution >= 4 is 35.4 Å². The number of carbonyl (C=O) groups excluding carboxylic acids is 6. The summed E-state index contributed by atoms with van der Waals surface area (Å²) in [5.74, 6) is -2.57. The summed E-state index contributed by atoms with van der Waals surface area (Å²) in [6.45, 7) is -0.216. The highest BCUT2D eigenvalue weighted by atomic mass is 16.2. The van der Waals surface area contributed by atoms with Crippen molar-refractivity contribution in [3.05, 3.63) is 141 Å². The van der Waals surface area contributed by atoms with Gasteiger partial charge in [0.15, 0.2) is 0 Å². The minimum atomic E-state index is -0.428. The number of hydrogen-bond donors (Lipinski definition) is 0. The van der Waals surface area contributed by atoms with Crippen LogP contribution in [0.1, 0.15) is 78.8 Å². The fourth-order valence-electron chi connectivity index (χ4n) is 5.81. The summed E-state index contributed by atoms with van der Waals surface area (Å²) in [6.07, 6.45) is 0. The molecule has 0 aliphatic carbocycles. The number of fused-ring (bicyclic) bond motifs is 3. The van der Waals surface area contributed by atoms with E-state index < -0.39 is 35.4 Å². The van der Waals surface area contributed by atoms with E-state index in [1.165, 1.54) is 0 Å². The van der Waals surface area contributed by atoms with Gasteiger partial charge in [-0.3, -0.25) is 43.5 Å². The van der Waals surface area contributed by atoms with E-state index in [9.17, 15) is 28.8 Å². The van der Waals surface area contributed by atoms with Gasteiger partial charge in [-0.15, -0.1) is 0 Å². The first-order valence-corrected chi connectivity index (χ1v) is 13.3. The van der Waals surface area contributed by atoms with Crippen LogP contribution < -0.4 is 0 Å². The molecule has 0 unspecified atom stereocenters. The molecule has 3 heterocycles. The van der Waals surface area contributed by atoms with Crippen molar-refractivity contribution in [3.63, 3.8) is 0 Å². The summed E-state index contributed by atoms with van der Waals surface area (Å²) in [6, 6.07) is 24.9. The Balaban J connectivity index is 1.23. The molecule has 0 saturated heterocycles. The number of benzene rings is 4. The maximum Gasteiger partial charge on any atom is 0.261 e. The van der Waals surface area contributed by atoms with E-state index in [0.29, 0.717) is 50.1 Å². The molecule has 0 N–H and O–H groups in total. The Morgan fingerprint density at radius 1 is 0.333 bits per heavy atom. The minimum Gasteiger partial charge on any atom is -0.270 e. The Morgan fingerprint density at radius 3 is 0.714 bits per heavy atom. The Labute approximate surface area is 239 Å².